The van der Waals surface area contributed by atoms with Crippen LogP contribution in [0.3, 0.4) is 0 Å². The quantitative estimate of drug-likeness (QED) is 0.479. The Hall–Kier alpha value is -1.22. The number of nitro groups is 1. The Balaban J connectivity index is 2.23. The molecular weight excluding hydrogens is 382 g/mol. The lowest BCUT2D eigenvalue weighted by Gasteiger charge is -2.07. The first-order valence-electron chi connectivity index (χ1n) is 5.40. The highest BCUT2D eigenvalue weighted by Gasteiger charge is 2.17. The third kappa shape index (κ3) is 3.41. The number of hydrogen-bond donors (Lipinski definition) is 1. The van der Waals surface area contributed by atoms with Crippen LogP contribution in [0.5, 0.6) is 0 Å². The van der Waals surface area contributed by atoms with Crippen LogP contribution in [0, 0.1) is 26.4 Å². The van der Waals surface area contributed by atoms with Gasteiger partial charge in [0.2, 0.25) is 0 Å². The van der Waals surface area contributed by atoms with Crippen LogP contribution >= 0.6 is 33.9 Å². The van der Waals surface area contributed by atoms with E-state index in [2.05, 4.69) is 5.32 Å². The van der Waals surface area contributed by atoms with Gasteiger partial charge in [-0.2, -0.15) is 0 Å². The summed E-state index contributed by atoms with van der Waals surface area (Å²) in [6, 6.07) is 6.32. The second kappa shape index (κ2) is 5.83. The lowest BCUT2D eigenvalue weighted by Crippen LogP contribution is -2.03. The SMILES string of the molecule is Cc1ccc(CNc2cc(F)c(I)cc2[N+](=O)[O-])s1. The maximum Gasteiger partial charge on any atom is 0.293 e. The minimum atomic E-state index is -0.510. The summed E-state index contributed by atoms with van der Waals surface area (Å²) in [5, 5.41) is 13.9. The normalized spacial score (nSPS) is 10.5. The van der Waals surface area contributed by atoms with Gasteiger partial charge in [0.1, 0.15) is 11.5 Å². The lowest BCUT2D eigenvalue weighted by atomic mass is 10.2. The van der Waals surface area contributed by atoms with Crippen molar-refractivity contribution in [3.05, 3.63) is 53.5 Å². The monoisotopic (exact) mass is 392 g/mol. The number of hydrogen-bond acceptors (Lipinski definition) is 4. The molecule has 2 aromatic rings. The summed E-state index contributed by atoms with van der Waals surface area (Å²) < 4.78 is 13.7. The van der Waals surface area contributed by atoms with E-state index in [4.69, 9.17) is 0 Å². The number of thiophene rings is 1. The molecule has 0 amide bonds. The molecular formula is C12H10FIN2O2S. The Morgan fingerprint density at radius 2 is 2.21 bits per heavy atom. The van der Waals surface area contributed by atoms with E-state index in [0.717, 1.165) is 4.88 Å². The Morgan fingerprint density at radius 1 is 1.47 bits per heavy atom. The van der Waals surface area contributed by atoms with E-state index in [1.54, 1.807) is 33.9 Å². The van der Waals surface area contributed by atoms with E-state index in [1.807, 2.05) is 19.1 Å². The molecule has 0 saturated heterocycles. The topological polar surface area (TPSA) is 55.2 Å². The molecule has 1 N–H and O–H groups in total. The molecule has 2 rings (SSSR count). The average molecular weight is 392 g/mol. The molecule has 0 bridgehead atoms. The van der Waals surface area contributed by atoms with Gasteiger partial charge in [0.15, 0.2) is 0 Å². The number of anilines is 1. The number of halogens is 2. The van der Waals surface area contributed by atoms with Gasteiger partial charge < -0.3 is 5.32 Å². The molecule has 0 spiro atoms. The molecule has 0 aliphatic carbocycles. The van der Waals surface area contributed by atoms with Crippen molar-refractivity contribution in [3.63, 3.8) is 0 Å². The van der Waals surface area contributed by atoms with Crippen LogP contribution in [0.1, 0.15) is 9.75 Å². The highest BCUT2D eigenvalue weighted by molar-refractivity contribution is 14.1. The molecule has 0 radical (unpaired) electrons. The highest BCUT2D eigenvalue weighted by atomic mass is 127. The summed E-state index contributed by atoms with van der Waals surface area (Å²) in [7, 11) is 0. The van der Waals surface area contributed by atoms with Crippen molar-refractivity contribution in [1.82, 2.24) is 0 Å². The fourth-order valence-electron chi connectivity index (χ4n) is 1.59. The molecule has 0 atom stereocenters. The Kier molecular flexibility index (Phi) is 4.35. The van der Waals surface area contributed by atoms with Gasteiger partial charge >= 0.3 is 0 Å². The van der Waals surface area contributed by atoms with Gasteiger partial charge in [-0.15, -0.1) is 11.3 Å². The van der Waals surface area contributed by atoms with E-state index in [1.165, 1.54) is 17.0 Å². The second-order valence-corrected chi connectivity index (χ2v) is 6.44. The molecule has 7 heteroatoms. The lowest BCUT2D eigenvalue weighted by molar-refractivity contribution is -0.384. The fraction of sp³-hybridized carbons (Fsp3) is 0.167. The predicted octanol–water partition coefficient (Wildman–Crippen LogP) is 4.32. The van der Waals surface area contributed by atoms with Crippen LogP contribution in [-0.4, -0.2) is 4.92 Å². The van der Waals surface area contributed by atoms with Crippen molar-refractivity contribution < 1.29 is 9.31 Å². The van der Waals surface area contributed by atoms with E-state index in [0.29, 0.717) is 6.54 Å². The van der Waals surface area contributed by atoms with Crippen molar-refractivity contribution in [3.8, 4) is 0 Å². The van der Waals surface area contributed by atoms with Crippen LogP contribution in [-0.2, 0) is 6.54 Å². The molecule has 1 heterocycles. The molecule has 0 aliphatic rings. The molecule has 100 valence electrons. The molecule has 19 heavy (non-hydrogen) atoms. The summed E-state index contributed by atoms with van der Waals surface area (Å²) in [5.41, 5.74) is 0.0908. The number of rotatable bonds is 4. The zero-order chi connectivity index (χ0) is 14.0. The standard InChI is InChI=1S/C12H10FIN2O2S/c1-7-2-3-8(19-7)6-15-11-4-9(13)10(14)5-12(11)16(17)18/h2-5,15H,6H2,1H3. The minimum Gasteiger partial charge on any atom is -0.375 e. The Morgan fingerprint density at radius 3 is 2.79 bits per heavy atom. The maximum atomic E-state index is 13.5. The summed E-state index contributed by atoms with van der Waals surface area (Å²) in [6.45, 7) is 2.43. The van der Waals surface area contributed by atoms with Gasteiger partial charge in [-0.1, -0.05) is 0 Å². The molecule has 0 saturated carbocycles. The van der Waals surface area contributed by atoms with Gasteiger partial charge in [0.25, 0.3) is 5.69 Å². The molecule has 0 aliphatic heterocycles. The van der Waals surface area contributed by atoms with Crippen LogP contribution in [0.15, 0.2) is 24.3 Å². The molecule has 4 nitrogen and oxygen atoms in total. The van der Waals surface area contributed by atoms with Gasteiger partial charge in [-0.25, -0.2) is 4.39 Å². The number of nitro benzene ring substituents is 1. The first-order valence-corrected chi connectivity index (χ1v) is 7.29. The van der Waals surface area contributed by atoms with E-state index >= 15 is 0 Å². The summed E-state index contributed by atoms with van der Waals surface area (Å²) in [6.07, 6.45) is 0. The fourth-order valence-corrected chi connectivity index (χ4v) is 2.87. The van der Waals surface area contributed by atoms with Gasteiger partial charge in [0, 0.05) is 28.4 Å². The predicted molar refractivity (Wildman–Crippen MR) is 82.2 cm³/mol. The van der Waals surface area contributed by atoms with Crippen molar-refractivity contribution in [2.45, 2.75) is 13.5 Å². The Bertz CT molecular complexity index is 630. The second-order valence-electron chi connectivity index (χ2n) is 3.91. The minimum absolute atomic E-state index is 0.112. The van der Waals surface area contributed by atoms with Crippen molar-refractivity contribution >= 4 is 45.3 Å². The summed E-state index contributed by atoms with van der Waals surface area (Å²) in [5.74, 6) is -0.462. The van der Waals surface area contributed by atoms with Gasteiger partial charge in [-0.3, -0.25) is 10.1 Å². The third-order valence-corrected chi connectivity index (χ3v) is 4.31. The zero-order valence-electron chi connectivity index (χ0n) is 9.94. The molecule has 1 aromatic heterocycles. The van der Waals surface area contributed by atoms with E-state index in [9.17, 15) is 14.5 Å². The Labute approximate surface area is 126 Å². The van der Waals surface area contributed by atoms with Crippen molar-refractivity contribution in [2.24, 2.45) is 0 Å². The number of nitrogens with zero attached hydrogens (tertiary/aromatic N) is 1. The summed E-state index contributed by atoms with van der Waals surface area (Å²) in [4.78, 5) is 12.6. The largest absolute Gasteiger partial charge is 0.375 e. The van der Waals surface area contributed by atoms with Gasteiger partial charge in [0.05, 0.1) is 8.49 Å². The first-order chi connectivity index (χ1) is 8.97. The van der Waals surface area contributed by atoms with Crippen LogP contribution < -0.4 is 5.32 Å². The van der Waals surface area contributed by atoms with E-state index < -0.39 is 10.7 Å². The van der Waals surface area contributed by atoms with Crippen molar-refractivity contribution in [2.75, 3.05) is 5.32 Å². The van der Waals surface area contributed by atoms with Crippen LogP contribution in [0.4, 0.5) is 15.8 Å². The number of aryl methyl sites for hydroxylation is 1. The molecule has 0 fully saturated rings. The van der Waals surface area contributed by atoms with E-state index in [-0.39, 0.29) is 14.9 Å². The van der Waals surface area contributed by atoms with Crippen LogP contribution in [0.25, 0.3) is 0 Å². The maximum absolute atomic E-state index is 13.5. The molecule has 0 unspecified atom stereocenters. The highest BCUT2D eigenvalue weighted by Crippen LogP contribution is 2.29. The van der Waals surface area contributed by atoms with Crippen molar-refractivity contribution in [1.29, 1.82) is 0 Å². The average Bonchev–Trinajstić information content (AvgIpc) is 2.76. The molecule has 1 aromatic carbocycles. The van der Waals surface area contributed by atoms with Crippen LogP contribution in [0.2, 0.25) is 0 Å². The first kappa shape index (κ1) is 14.2. The van der Waals surface area contributed by atoms with Gasteiger partial charge in [-0.05, 0) is 41.6 Å². The smallest absolute Gasteiger partial charge is 0.293 e. The number of benzene rings is 1. The zero-order valence-corrected chi connectivity index (χ0v) is 12.9. The third-order valence-electron chi connectivity index (χ3n) is 2.48. The number of nitrogens with one attached hydrogen (secondary N) is 1. The summed E-state index contributed by atoms with van der Waals surface area (Å²) >= 11 is 3.34.